The summed E-state index contributed by atoms with van der Waals surface area (Å²) in [6, 6.07) is 18.9. The number of benzene rings is 3. The number of hydrogen-bond donors (Lipinski definition) is 1. The lowest BCUT2D eigenvalue weighted by molar-refractivity contribution is -0.120. The molecule has 0 aromatic heterocycles. The molecule has 0 radical (unpaired) electrons. The molecule has 0 bridgehead atoms. The van der Waals surface area contributed by atoms with Gasteiger partial charge in [0.25, 0.3) is 11.8 Å². The lowest BCUT2D eigenvalue weighted by Gasteiger charge is -2.16. The number of hydrogen-bond acceptors (Lipinski definition) is 4. The third kappa shape index (κ3) is 3.78. The van der Waals surface area contributed by atoms with E-state index in [0.29, 0.717) is 22.7 Å². The molecule has 0 spiro atoms. The summed E-state index contributed by atoms with van der Waals surface area (Å²) in [5.41, 5.74) is 6.53. The van der Waals surface area contributed by atoms with Crippen molar-refractivity contribution in [3.05, 3.63) is 94.2 Å². The molecule has 3 aromatic carbocycles. The molecule has 162 valence electrons. The molecular formula is C27H26N2O3. The summed E-state index contributed by atoms with van der Waals surface area (Å²) in [6.45, 7) is 7.85. The van der Waals surface area contributed by atoms with Crippen molar-refractivity contribution in [2.45, 2.75) is 27.7 Å². The number of rotatable bonds is 5. The zero-order valence-corrected chi connectivity index (χ0v) is 18.9. The molecule has 4 rings (SSSR count). The monoisotopic (exact) mass is 426 g/mol. The Morgan fingerprint density at radius 2 is 1.47 bits per heavy atom. The number of anilines is 2. The predicted octanol–water partition coefficient (Wildman–Crippen LogP) is 5.33. The topological polar surface area (TPSA) is 58.6 Å². The maximum absolute atomic E-state index is 13.7. The Morgan fingerprint density at radius 3 is 2.16 bits per heavy atom. The van der Waals surface area contributed by atoms with Gasteiger partial charge in [0, 0.05) is 0 Å². The van der Waals surface area contributed by atoms with Crippen molar-refractivity contribution in [1.82, 2.24) is 0 Å². The summed E-state index contributed by atoms with van der Waals surface area (Å²) in [5, 5.41) is 3.23. The van der Waals surface area contributed by atoms with Crippen LogP contribution in [0.5, 0.6) is 5.75 Å². The molecule has 5 nitrogen and oxygen atoms in total. The first kappa shape index (κ1) is 21.4. The Morgan fingerprint density at radius 1 is 0.781 bits per heavy atom. The van der Waals surface area contributed by atoms with Crippen molar-refractivity contribution in [3.8, 4) is 5.75 Å². The Hall–Kier alpha value is -3.86. The lowest BCUT2D eigenvalue weighted by Crippen LogP contribution is -2.32. The number of methoxy groups -OCH3 is 1. The standard InChI is InChI=1S/C27H26N2O3/c1-16-7-6-8-20(14-16)29-26(30)24(21-11-9-17(2)13-19(21)4)25(27(29)31)28-22-15-18(3)10-12-23(22)32-5/h6-15,28H,1-5H3. The van der Waals surface area contributed by atoms with Gasteiger partial charge in [0.15, 0.2) is 0 Å². The van der Waals surface area contributed by atoms with Gasteiger partial charge in [-0.1, -0.05) is 42.0 Å². The van der Waals surface area contributed by atoms with Crippen molar-refractivity contribution >= 4 is 28.8 Å². The van der Waals surface area contributed by atoms with Gasteiger partial charge in [-0.25, -0.2) is 4.90 Å². The second-order valence-corrected chi connectivity index (χ2v) is 8.18. The van der Waals surface area contributed by atoms with Crippen molar-refractivity contribution in [2.75, 3.05) is 17.3 Å². The highest BCUT2D eigenvalue weighted by Gasteiger charge is 2.41. The Balaban J connectivity index is 1.90. The van der Waals surface area contributed by atoms with Gasteiger partial charge in [-0.15, -0.1) is 0 Å². The van der Waals surface area contributed by atoms with E-state index in [1.54, 1.807) is 13.2 Å². The highest BCUT2D eigenvalue weighted by molar-refractivity contribution is 6.46. The first-order valence-corrected chi connectivity index (χ1v) is 10.5. The fraction of sp³-hybridized carbons (Fsp3) is 0.185. The number of amides is 2. The molecule has 1 N–H and O–H groups in total. The largest absolute Gasteiger partial charge is 0.495 e. The van der Waals surface area contributed by atoms with E-state index in [-0.39, 0.29) is 17.5 Å². The van der Waals surface area contributed by atoms with E-state index in [4.69, 9.17) is 4.74 Å². The fourth-order valence-electron chi connectivity index (χ4n) is 4.05. The van der Waals surface area contributed by atoms with Crippen molar-refractivity contribution in [1.29, 1.82) is 0 Å². The van der Waals surface area contributed by atoms with Crippen LogP contribution in [0, 0.1) is 27.7 Å². The third-order valence-electron chi connectivity index (χ3n) is 5.61. The molecule has 0 atom stereocenters. The number of carbonyl (C=O) groups excluding carboxylic acids is 2. The first-order chi connectivity index (χ1) is 15.3. The summed E-state index contributed by atoms with van der Waals surface area (Å²) in [6.07, 6.45) is 0. The first-order valence-electron chi connectivity index (χ1n) is 10.5. The zero-order valence-electron chi connectivity index (χ0n) is 18.9. The summed E-state index contributed by atoms with van der Waals surface area (Å²) >= 11 is 0. The molecule has 1 aliphatic heterocycles. The molecular weight excluding hydrogens is 400 g/mol. The van der Waals surface area contributed by atoms with E-state index in [2.05, 4.69) is 5.32 Å². The smallest absolute Gasteiger partial charge is 0.282 e. The van der Waals surface area contributed by atoms with Gasteiger partial charge in [-0.3, -0.25) is 9.59 Å². The highest BCUT2D eigenvalue weighted by atomic mass is 16.5. The van der Waals surface area contributed by atoms with Gasteiger partial charge in [0.05, 0.1) is 24.1 Å². The minimum absolute atomic E-state index is 0.243. The average molecular weight is 427 g/mol. The maximum Gasteiger partial charge on any atom is 0.282 e. The number of imide groups is 1. The van der Waals surface area contributed by atoms with Gasteiger partial charge >= 0.3 is 0 Å². The van der Waals surface area contributed by atoms with Gasteiger partial charge in [0.1, 0.15) is 11.4 Å². The summed E-state index contributed by atoms with van der Waals surface area (Å²) in [5.74, 6) is -0.141. The number of aryl methyl sites for hydroxylation is 4. The van der Waals surface area contributed by atoms with Crippen LogP contribution in [0.2, 0.25) is 0 Å². The van der Waals surface area contributed by atoms with Crippen LogP contribution < -0.4 is 15.0 Å². The van der Waals surface area contributed by atoms with Gasteiger partial charge in [-0.2, -0.15) is 0 Å². The molecule has 5 heteroatoms. The SMILES string of the molecule is COc1ccc(C)cc1NC1=C(c2ccc(C)cc2C)C(=O)N(c2cccc(C)c2)C1=O. The number of carbonyl (C=O) groups is 2. The van der Waals surface area contributed by atoms with Crippen molar-refractivity contribution in [3.63, 3.8) is 0 Å². The van der Waals surface area contributed by atoms with Crippen molar-refractivity contribution < 1.29 is 14.3 Å². The molecule has 0 saturated heterocycles. The van der Waals surface area contributed by atoms with E-state index in [9.17, 15) is 9.59 Å². The Kier molecular flexibility index (Phi) is 5.57. The van der Waals surface area contributed by atoms with Crippen LogP contribution in [0.15, 0.2) is 66.4 Å². The van der Waals surface area contributed by atoms with Crippen LogP contribution in [0.25, 0.3) is 5.57 Å². The van der Waals surface area contributed by atoms with Crippen LogP contribution in [0.1, 0.15) is 27.8 Å². The molecule has 32 heavy (non-hydrogen) atoms. The average Bonchev–Trinajstić information content (AvgIpc) is 2.98. The summed E-state index contributed by atoms with van der Waals surface area (Å²) < 4.78 is 5.49. The molecule has 0 fully saturated rings. The molecule has 1 heterocycles. The molecule has 0 saturated carbocycles. The van der Waals surface area contributed by atoms with E-state index in [1.807, 2.05) is 82.3 Å². The molecule has 2 amide bonds. The summed E-state index contributed by atoms with van der Waals surface area (Å²) in [7, 11) is 1.58. The van der Waals surface area contributed by atoms with Crippen LogP contribution in [0.4, 0.5) is 11.4 Å². The fourth-order valence-corrected chi connectivity index (χ4v) is 4.05. The Bertz CT molecular complexity index is 1270. The van der Waals surface area contributed by atoms with Crippen LogP contribution in [-0.4, -0.2) is 18.9 Å². The zero-order chi connectivity index (χ0) is 23.0. The maximum atomic E-state index is 13.7. The van der Waals surface area contributed by atoms with E-state index >= 15 is 0 Å². The molecule has 0 unspecified atom stereocenters. The minimum Gasteiger partial charge on any atom is -0.495 e. The van der Waals surface area contributed by atoms with Gasteiger partial charge in [-0.05, 0) is 74.2 Å². The second kappa shape index (κ2) is 8.35. The van der Waals surface area contributed by atoms with Crippen LogP contribution in [0.3, 0.4) is 0 Å². The molecule has 3 aromatic rings. The quantitative estimate of drug-likeness (QED) is 0.561. The van der Waals surface area contributed by atoms with Gasteiger partial charge < -0.3 is 10.1 Å². The number of nitrogens with one attached hydrogen (secondary N) is 1. The lowest BCUT2D eigenvalue weighted by atomic mass is 9.97. The predicted molar refractivity (Wildman–Crippen MR) is 128 cm³/mol. The van der Waals surface area contributed by atoms with Crippen LogP contribution >= 0.6 is 0 Å². The van der Waals surface area contributed by atoms with E-state index < -0.39 is 0 Å². The second-order valence-electron chi connectivity index (χ2n) is 8.18. The van der Waals surface area contributed by atoms with Crippen LogP contribution in [-0.2, 0) is 9.59 Å². The normalized spacial score (nSPS) is 13.7. The third-order valence-corrected chi connectivity index (χ3v) is 5.61. The number of ether oxygens (including phenoxy) is 1. The van der Waals surface area contributed by atoms with E-state index in [0.717, 1.165) is 27.8 Å². The number of nitrogens with zero attached hydrogens (tertiary/aromatic N) is 1. The van der Waals surface area contributed by atoms with E-state index in [1.165, 1.54) is 4.90 Å². The summed E-state index contributed by atoms with van der Waals surface area (Å²) in [4.78, 5) is 28.5. The van der Waals surface area contributed by atoms with Crippen molar-refractivity contribution in [2.24, 2.45) is 0 Å². The highest BCUT2D eigenvalue weighted by Crippen LogP contribution is 2.37. The van der Waals surface area contributed by atoms with Gasteiger partial charge in [0.2, 0.25) is 0 Å². The Labute approximate surface area is 188 Å². The molecule has 0 aliphatic carbocycles. The minimum atomic E-state index is -0.390. The molecule has 1 aliphatic rings.